The van der Waals surface area contributed by atoms with Crippen molar-refractivity contribution in [3.05, 3.63) is 41.2 Å². The smallest absolute Gasteiger partial charge is 0.259 e. The van der Waals surface area contributed by atoms with Gasteiger partial charge in [-0.3, -0.25) is 4.57 Å². The number of ether oxygens (including phenoxy) is 3. The summed E-state index contributed by atoms with van der Waals surface area (Å²) in [6.07, 6.45) is 2.29. The molecule has 36 heavy (non-hydrogen) atoms. The monoisotopic (exact) mass is 545 g/mol. The van der Waals surface area contributed by atoms with E-state index in [1.807, 2.05) is 0 Å². The SMILES string of the molecule is COc1ncnc(OC)c1-n1c(CS(=O)(=O)[C@@H](C)[C@H](OC)c2ncc(Cl)cn2)nnc1[C@H]1CC1(F)F. The number of hydrogen-bond donors (Lipinski definition) is 0. The first-order valence-corrected chi connectivity index (χ1v) is 12.6. The summed E-state index contributed by atoms with van der Waals surface area (Å²) in [5, 5.41) is 6.98. The van der Waals surface area contributed by atoms with E-state index in [-0.39, 0.29) is 39.9 Å². The summed E-state index contributed by atoms with van der Waals surface area (Å²) < 4.78 is 72.2. The second-order valence-corrected chi connectivity index (χ2v) is 10.8. The molecule has 16 heteroatoms. The Morgan fingerprint density at radius 3 is 2.19 bits per heavy atom. The Morgan fingerprint density at radius 2 is 1.69 bits per heavy atom. The van der Waals surface area contributed by atoms with Crippen molar-refractivity contribution < 1.29 is 31.4 Å². The molecule has 0 bridgehead atoms. The average Bonchev–Trinajstić information content (AvgIpc) is 3.30. The van der Waals surface area contributed by atoms with E-state index in [1.165, 1.54) is 40.6 Å². The van der Waals surface area contributed by atoms with Crippen LogP contribution in [0.4, 0.5) is 8.78 Å². The van der Waals surface area contributed by atoms with E-state index in [0.717, 1.165) is 10.9 Å². The molecule has 12 nitrogen and oxygen atoms in total. The van der Waals surface area contributed by atoms with Gasteiger partial charge in [-0.1, -0.05) is 11.6 Å². The van der Waals surface area contributed by atoms with Crippen molar-refractivity contribution in [3.8, 4) is 17.4 Å². The van der Waals surface area contributed by atoms with Gasteiger partial charge in [0.25, 0.3) is 5.92 Å². The van der Waals surface area contributed by atoms with Crippen LogP contribution in [0.2, 0.25) is 5.02 Å². The fraction of sp³-hybridized carbons (Fsp3) is 0.500. The van der Waals surface area contributed by atoms with Crippen LogP contribution in [-0.2, 0) is 20.3 Å². The number of rotatable bonds is 10. The van der Waals surface area contributed by atoms with Crippen molar-refractivity contribution in [2.75, 3.05) is 21.3 Å². The zero-order valence-electron chi connectivity index (χ0n) is 19.6. The number of sulfone groups is 1. The molecular weight excluding hydrogens is 524 g/mol. The van der Waals surface area contributed by atoms with Gasteiger partial charge in [0, 0.05) is 25.9 Å². The molecule has 1 fully saturated rings. The van der Waals surface area contributed by atoms with Gasteiger partial charge in [-0.15, -0.1) is 10.2 Å². The second kappa shape index (κ2) is 9.78. The lowest BCUT2D eigenvalue weighted by molar-refractivity contribution is 0.0948. The molecule has 1 aliphatic carbocycles. The molecule has 3 atom stereocenters. The maximum Gasteiger partial charge on any atom is 0.259 e. The van der Waals surface area contributed by atoms with E-state index in [0.29, 0.717) is 0 Å². The number of methoxy groups -OCH3 is 3. The Hall–Kier alpha value is -3.04. The van der Waals surface area contributed by atoms with Crippen LogP contribution in [0.3, 0.4) is 0 Å². The normalized spacial score (nSPS) is 18.5. The number of alkyl halides is 2. The van der Waals surface area contributed by atoms with Crippen LogP contribution in [0.15, 0.2) is 18.7 Å². The molecular formula is C20H22ClF2N7O5S. The minimum atomic E-state index is -4.04. The zero-order valence-corrected chi connectivity index (χ0v) is 21.2. The summed E-state index contributed by atoms with van der Waals surface area (Å²) in [4.78, 5) is 16.1. The van der Waals surface area contributed by atoms with Crippen LogP contribution in [0.5, 0.6) is 11.8 Å². The standard InChI is InChI=1S/C20H22ClF2N7O5S/c1-10(15(33-2)16-24-6-11(21)7-25-16)36(31,32)8-13-28-29-17(12-5-20(12,22)23)30(13)14-18(34-3)26-9-27-19(14)35-4/h6-7,9-10,12,15H,5,8H2,1-4H3/t10-,12+,15-/m0/s1. The van der Waals surface area contributed by atoms with Crippen molar-refractivity contribution in [1.82, 2.24) is 34.7 Å². The van der Waals surface area contributed by atoms with Gasteiger partial charge in [-0.05, 0) is 6.92 Å². The molecule has 3 heterocycles. The zero-order chi connectivity index (χ0) is 26.3. The molecule has 0 aliphatic heterocycles. The predicted octanol–water partition coefficient (Wildman–Crippen LogP) is 2.33. The van der Waals surface area contributed by atoms with Crippen LogP contribution >= 0.6 is 11.6 Å². The van der Waals surface area contributed by atoms with E-state index < -0.39 is 45.2 Å². The van der Waals surface area contributed by atoms with Crippen molar-refractivity contribution in [1.29, 1.82) is 0 Å². The van der Waals surface area contributed by atoms with Crippen LogP contribution in [0, 0.1) is 0 Å². The molecule has 0 saturated heterocycles. The van der Waals surface area contributed by atoms with Gasteiger partial charge < -0.3 is 14.2 Å². The molecule has 0 unspecified atom stereocenters. The van der Waals surface area contributed by atoms with Gasteiger partial charge in [0.05, 0.1) is 30.4 Å². The quantitative estimate of drug-likeness (QED) is 0.370. The Labute approximate surface area is 209 Å². The lowest BCUT2D eigenvalue weighted by Crippen LogP contribution is -2.30. The van der Waals surface area contributed by atoms with Crippen molar-refractivity contribution >= 4 is 21.4 Å². The number of nitrogens with zero attached hydrogens (tertiary/aromatic N) is 7. The highest BCUT2D eigenvalue weighted by molar-refractivity contribution is 7.91. The highest BCUT2D eigenvalue weighted by Gasteiger charge is 2.60. The molecule has 194 valence electrons. The van der Waals surface area contributed by atoms with Crippen LogP contribution < -0.4 is 9.47 Å². The van der Waals surface area contributed by atoms with Gasteiger partial charge in [-0.2, -0.15) is 9.97 Å². The summed E-state index contributed by atoms with van der Waals surface area (Å²) in [5.41, 5.74) is 0.00683. The lowest BCUT2D eigenvalue weighted by atomic mass is 10.2. The van der Waals surface area contributed by atoms with Crippen LogP contribution in [-0.4, -0.2) is 75.6 Å². The summed E-state index contributed by atoms with van der Waals surface area (Å²) in [5.74, 6) is -5.26. The minimum absolute atomic E-state index is 0.00683. The first kappa shape index (κ1) is 26.0. The highest BCUT2D eigenvalue weighted by atomic mass is 35.5. The highest BCUT2D eigenvalue weighted by Crippen LogP contribution is 2.56. The van der Waals surface area contributed by atoms with Crippen molar-refractivity contribution in [2.24, 2.45) is 0 Å². The minimum Gasteiger partial charge on any atom is -0.479 e. The lowest BCUT2D eigenvalue weighted by Gasteiger charge is -2.22. The number of hydrogen-bond acceptors (Lipinski definition) is 11. The number of halogens is 3. The molecule has 0 spiro atoms. The largest absolute Gasteiger partial charge is 0.479 e. The van der Waals surface area contributed by atoms with Crippen LogP contribution in [0.25, 0.3) is 5.69 Å². The fourth-order valence-corrected chi connectivity index (χ4v) is 5.22. The maximum atomic E-state index is 14.1. The Bertz CT molecular complexity index is 1330. The molecule has 0 aromatic carbocycles. The van der Waals surface area contributed by atoms with Gasteiger partial charge in [0.15, 0.2) is 27.2 Å². The van der Waals surface area contributed by atoms with E-state index in [1.54, 1.807) is 0 Å². The molecule has 3 aromatic rings. The van der Waals surface area contributed by atoms with E-state index >= 15 is 0 Å². The van der Waals surface area contributed by atoms with Crippen molar-refractivity contribution in [2.45, 2.75) is 42.3 Å². The predicted molar refractivity (Wildman–Crippen MR) is 121 cm³/mol. The topological polar surface area (TPSA) is 144 Å². The third-order valence-electron chi connectivity index (χ3n) is 5.73. The molecule has 4 rings (SSSR count). The molecule has 0 amide bonds. The van der Waals surface area contributed by atoms with Gasteiger partial charge in [0.2, 0.25) is 11.8 Å². The molecule has 0 radical (unpaired) electrons. The first-order valence-electron chi connectivity index (χ1n) is 10.5. The molecule has 3 aromatic heterocycles. The molecule has 1 saturated carbocycles. The van der Waals surface area contributed by atoms with Gasteiger partial charge in [0.1, 0.15) is 24.0 Å². The van der Waals surface area contributed by atoms with Gasteiger partial charge >= 0.3 is 0 Å². The first-order chi connectivity index (χ1) is 17.0. The summed E-state index contributed by atoms with van der Waals surface area (Å²) in [6.45, 7) is 1.42. The molecule has 0 N–H and O–H groups in total. The third kappa shape index (κ3) is 4.82. The third-order valence-corrected chi connectivity index (χ3v) is 7.97. The Balaban J connectivity index is 1.78. The van der Waals surface area contributed by atoms with E-state index in [9.17, 15) is 17.2 Å². The molecule has 1 aliphatic rings. The van der Waals surface area contributed by atoms with Crippen molar-refractivity contribution in [3.63, 3.8) is 0 Å². The fourth-order valence-electron chi connectivity index (χ4n) is 3.70. The van der Waals surface area contributed by atoms with E-state index in [4.69, 9.17) is 25.8 Å². The summed E-state index contributed by atoms with van der Waals surface area (Å²) in [6, 6.07) is 0. The van der Waals surface area contributed by atoms with E-state index in [2.05, 4.69) is 30.1 Å². The maximum absolute atomic E-state index is 14.1. The van der Waals surface area contributed by atoms with Crippen LogP contribution in [0.1, 0.15) is 42.8 Å². The Kier molecular flexibility index (Phi) is 7.07. The Morgan fingerprint density at radius 1 is 1.11 bits per heavy atom. The summed E-state index contributed by atoms with van der Waals surface area (Å²) >= 11 is 5.83. The average molecular weight is 546 g/mol. The summed E-state index contributed by atoms with van der Waals surface area (Å²) in [7, 11) is -0.0950. The second-order valence-electron chi connectivity index (χ2n) is 8.00. The van der Waals surface area contributed by atoms with Gasteiger partial charge in [-0.25, -0.2) is 27.2 Å². The number of aromatic nitrogens is 7.